The normalized spacial score (nSPS) is 23.9. The van der Waals surface area contributed by atoms with Crippen LogP contribution in [0.2, 0.25) is 0 Å². The van der Waals surface area contributed by atoms with Gasteiger partial charge in [-0.2, -0.15) is 0 Å². The molecular weight excluding hydrogens is 351 g/mol. The molecule has 1 atom stereocenters. The average Bonchev–Trinajstić information content (AvgIpc) is 2.90. The van der Waals surface area contributed by atoms with Crippen LogP contribution in [0.25, 0.3) is 0 Å². The fourth-order valence-corrected chi connectivity index (χ4v) is 3.84. The number of amides is 1. The lowest BCUT2D eigenvalue weighted by molar-refractivity contribution is -0.127. The predicted molar refractivity (Wildman–Crippen MR) is 97.7 cm³/mol. The number of hydrogen-bond acceptors (Lipinski definition) is 4. The molecule has 2 aliphatic rings. The second-order valence-corrected chi connectivity index (χ2v) is 6.79. The van der Waals surface area contributed by atoms with Crippen molar-refractivity contribution in [2.45, 2.75) is 39.3 Å². The van der Waals surface area contributed by atoms with Gasteiger partial charge in [0.25, 0.3) is 0 Å². The Labute approximate surface area is 155 Å². The van der Waals surface area contributed by atoms with Gasteiger partial charge in [0.2, 0.25) is 5.91 Å². The van der Waals surface area contributed by atoms with Gasteiger partial charge in [-0.25, -0.2) is 4.98 Å². The van der Waals surface area contributed by atoms with Crippen molar-refractivity contribution in [3.63, 3.8) is 0 Å². The Morgan fingerprint density at radius 3 is 2.79 bits per heavy atom. The summed E-state index contributed by atoms with van der Waals surface area (Å²) < 4.78 is 7.12. The molecule has 0 bridgehead atoms. The first-order valence-corrected chi connectivity index (χ1v) is 8.08. The maximum absolute atomic E-state index is 12.6. The quantitative estimate of drug-likeness (QED) is 0.791. The number of methoxy groups -OCH3 is 1. The van der Waals surface area contributed by atoms with Crippen LogP contribution in [0.1, 0.15) is 31.9 Å². The fourth-order valence-electron chi connectivity index (χ4n) is 3.84. The molecule has 1 aliphatic heterocycles. The third kappa shape index (κ3) is 3.87. The molecular formula is C16H28Cl2N4O2. The molecule has 1 aromatic heterocycles. The molecule has 1 saturated heterocycles. The van der Waals surface area contributed by atoms with E-state index in [1.807, 2.05) is 10.8 Å². The van der Waals surface area contributed by atoms with E-state index in [4.69, 9.17) is 4.74 Å². The molecule has 6 nitrogen and oxygen atoms in total. The molecule has 1 saturated carbocycles. The average molecular weight is 379 g/mol. The van der Waals surface area contributed by atoms with Crippen molar-refractivity contribution >= 4 is 30.7 Å². The maximum Gasteiger partial charge on any atom is 0.226 e. The van der Waals surface area contributed by atoms with Crippen LogP contribution in [0.4, 0.5) is 0 Å². The summed E-state index contributed by atoms with van der Waals surface area (Å²) in [7, 11) is 1.69. The molecule has 0 radical (unpaired) electrons. The van der Waals surface area contributed by atoms with Gasteiger partial charge in [-0.05, 0) is 37.8 Å². The molecule has 1 amide bonds. The third-order valence-electron chi connectivity index (χ3n) is 5.56. The Kier molecular flexibility index (Phi) is 7.53. The summed E-state index contributed by atoms with van der Waals surface area (Å²) >= 11 is 0. The largest absolute Gasteiger partial charge is 0.383 e. The standard InChI is InChI=1S/C16H26N4O2.2ClH/c1-15(11-16(15)3-5-17-6-4-16)14(21)19-10-13-9-18-12-20(13)7-8-22-2;;/h9,12,17H,3-8,10-11H2,1-2H3,(H,19,21);2*1H. The molecule has 2 fully saturated rings. The first-order valence-electron chi connectivity index (χ1n) is 8.08. The van der Waals surface area contributed by atoms with Crippen LogP contribution in [0, 0.1) is 10.8 Å². The molecule has 0 aromatic carbocycles. The van der Waals surface area contributed by atoms with Crippen molar-refractivity contribution in [2.75, 3.05) is 26.8 Å². The van der Waals surface area contributed by atoms with Crippen molar-refractivity contribution in [3.8, 4) is 0 Å². The van der Waals surface area contributed by atoms with Crippen LogP contribution in [-0.2, 0) is 22.6 Å². The maximum atomic E-state index is 12.6. The number of piperidine rings is 1. The van der Waals surface area contributed by atoms with Gasteiger partial charge in [0.1, 0.15) is 0 Å². The molecule has 1 unspecified atom stereocenters. The minimum atomic E-state index is -0.188. The third-order valence-corrected chi connectivity index (χ3v) is 5.56. The van der Waals surface area contributed by atoms with E-state index in [2.05, 4.69) is 22.5 Å². The van der Waals surface area contributed by atoms with Gasteiger partial charge in [0.15, 0.2) is 0 Å². The number of carbonyl (C=O) groups excluding carboxylic acids is 1. The van der Waals surface area contributed by atoms with Crippen LogP contribution >= 0.6 is 24.8 Å². The van der Waals surface area contributed by atoms with Gasteiger partial charge in [-0.15, -0.1) is 24.8 Å². The summed E-state index contributed by atoms with van der Waals surface area (Å²) in [5.41, 5.74) is 1.07. The first-order chi connectivity index (χ1) is 10.6. The van der Waals surface area contributed by atoms with E-state index in [0.29, 0.717) is 13.2 Å². The fraction of sp³-hybridized carbons (Fsp3) is 0.750. The lowest BCUT2D eigenvalue weighted by Gasteiger charge is -2.27. The summed E-state index contributed by atoms with van der Waals surface area (Å²) in [6, 6.07) is 0. The molecule has 1 aromatic rings. The van der Waals surface area contributed by atoms with Crippen molar-refractivity contribution in [3.05, 3.63) is 18.2 Å². The Hall–Kier alpha value is -0.820. The number of carbonyl (C=O) groups is 1. The smallest absolute Gasteiger partial charge is 0.226 e. The highest BCUT2D eigenvalue weighted by atomic mass is 35.5. The Bertz CT molecular complexity index is 546. The van der Waals surface area contributed by atoms with Crippen LogP contribution < -0.4 is 10.6 Å². The minimum Gasteiger partial charge on any atom is -0.383 e. The highest BCUT2D eigenvalue weighted by Crippen LogP contribution is 2.68. The van der Waals surface area contributed by atoms with Crippen LogP contribution in [0.3, 0.4) is 0 Å². The van der Waals surface area contributed by atoms with Gasteiger partial charge in [-0.1, -0.05) is 6.92 Å². The van der Waals surface area contributed by atoms with Gasteiger partial charge >= 0.3 is 0 Å². The number of imidazole rings is 1. The van der Waals surface area contributed by atoms with E-state index in [1.54, 1.807) is 13.4 Å². The Balaban J connectivity index is 0.00000144. The lowest BCUT2D eigenvalue weighted by Crippen LogP contribution is -2.38. The zero-order valence-corrected chi connectivity index (χ0v) is 16.0. The topological polar surface area (TPSA) is 68.2 Å². The highest BCUT2D eigenvalue weighted by Gasteiger charge is 2.67. The monoisotopic (exact) mass is 378 g/mol. The number of hydrogen-bond donors (Lipinski definition) is 2. The van der Waals surface area contributed by atoms with Crippen molar-refractivity contribution in [1.82, 2.24) is 20.2 Å². The van der Waals surface area contributed by atoms with Crippen LogP contribution in [0.5, 0.6) is 0 Å². The van der Waals surface area contributed by atoms with Gasteiger partial charge in [0.05, 0.1) is 30.6 Å². The minimum absolute atomic E-state index is 0. The summed E-state index contributed by atoms with van der Waals surface area (Å²) in [5, 5.41) is 6.50. The van der Waals surface area contributed by atoms with E-state index in [9.17, 15) is 4.79 Å². The molecule has 2 heterocycles. The molecule has 2 N–H and O–H groups in total. The zero-order valence-electron chi connectivity index (χ0n) is 14.3. The van der Waals surface area contributed by atoms with Gasteiger partial charge in [-0.3, -0.25) is 4.79 Å². The predicted octanol–water partition coefficient (Wildman–Crippen LogP) is 1.77. The number of rotatable bonds is 6. The Morgan fingerprint density at radius 2 is 2.12 bits per heavy atom. The van der Waals surface area contributed by atoms with E-state index < -0.39 is 0 Å². The number of nitrogens with zero attached hydrogens (tertiary/aromatic N) is 2. The van der Waals surface area contributed by atoms with Crippen molar-refractivity contribution in [1.29, 1.82) is 0 Å². The van der Waals surface area contributed by atoms with Gasteiger partial charge in [0, 0.05) is 19.9 Å². The second-order valence-electron chi connectivity index (χ2n) is 6.79. The van der Waals surface area contributed by atoms with Crippen LogP contribution in [-0.4, -0.2) is 42.3 Å². The van der Waals surface area contributed by atoms with E-state index >= 15 is 0 Å². The summed E-state index contributed by atoms with van der Waals surface area (Å²) in [4.78, 5) is 16.8. The molecule has 8 heteroatoms. The SMILES string of the molecule is COCCn1cncc1CNC(=O)C1(C)CC12CCNCC2.Cl.Cl. The first kappa shape index (κ1) is 21.2. The molecule has 138 valence electrons. The van der Waals surface area contributed by atoms with Crippen molar-refractivity contribution < 1.29 is 9.53 Å². The van der Waals surface area contributed by atoms with Gasteiger partial charge < -0.3 is 19.9 Å². The van der Waals surface area contributed by atoms with E-state index in [-0.39, 0.29) is 41.6 Å². The lowest BCUT2D eigenvalue weighted by atomic mass is 9.85. The number of halogens is 2. The highest BCUT2D eigenvalue weighted by molar-refractivity contribution is 5.86. The second kappa shape index (κ2) is 8.52. The molecule has 3 rings (SSSR count). The summed E-state index contributed by atoms with van der Waals surface area (Å²) in [6.07, 6.45) is 6.85. The Morgan fingerprint density at radius 1 is 1.42 bits per heavy atom. The van der Waals surface area contributed by atoms with Crippen molar-refractivity contribution in [2.24, 2.45) is 10.8 Å². The number of nitrogens with one attached hydrogen (secondary N) is 2. The number of aromatic nitrogens is 2. The molecule has 24 heavy (non-hydrogen) atoms. The van der Waals surface area contributed by atoms with E-state index in [0.717, 1.165) is 44.6 Å². The summed E-state index contributed by atoms with van der Waals surface area (Å²) in [6.45, 7) is 6.13. The van der Waals surface area contributed by atoms with Crippen LogP contribution in [0.15, 0.2) is 12.5 Å². The van der Waals surface area contributed by atoms with E-state index in [1.165, 1.54) is 0 Å². The number of ether oxygens (including phenoxy) is 1. The molecule has 1 aliphatic carbocycles. The molecule has 1 spiro atoms. The zero-order chi connectivity index (χ0) is 15.6. The summed E-state index contributed by atoms with van der Waals surface area (Å²) in [5.74, 6) is 0.189.